The molecule has 10 rings (SSSR count). The molecular weight excluding hydrogens is 587 g/mol. The highest BCUT2D eigenvalue weighted by Gasteiger charge is 2.30. The van der Waals surface area contributed by atoms with Gasteiger partial charge in [0.15, 0.2) is 0 Å². The van der Waals surface area contributed by atoms with Gasteiger partial charge in [-0.05, 0) is 59.7 Å². The number of anilines is 3. The second kappa shape index (κ2) is 10.5. The first-order valence-corrected chi connectivity index (χ1v) is 16.1. The molecule has 48 heavy (non-hydrogen) atoms. The van der Waals surface area contributed by atoms with Gasteiger partial charge in [0.05, 0.1) is 33.6 Å². The van der Waals surface area contributed by atoms with Crippen LogP contribution in [0.1, 0.15) is 0 Å². The van der Waals surface area contributed by atoms with Crippen molar-refractivity contribution < 1.29 is 0 Å². The van der Waals surface area contributed by atoms with Gasteiger partial charge in [-0.25, -0.2) is 9.97 Å². The Hall–Kier alpha value is -6.59. The van der Waals surface area contributed by atoms with Crippen LogP contribution in [-0.4, -0.2) is 19.5 Å². The first-order chi connectivity index (χ1) is 23.8. The molecule has 0 aliphatic carbocycles. The average molecular weight is 614 g/mol. The molecule has 0 atom stereocenters. The van der Waals surface area contributed by atoms with E-state index in [2.05, 4.69) is 137 Å². The number of rotatable bonds is 3. The summed E-state index contributed by atoms with van der Waals surface area (Å²) in [5.41, 5.74) is 12.6. The molecule has 9 aromatic rings. The fourth-order valence-electron chi connectivity index (χ4n) is 7.39. The first kappa shape index (κ1) is 26.6. The molecular formula is C43H27N5. The third-order valence-electron chi connectivity index (χ3n) is 9.40. The molecule has 0 amide bonds. The third kappa shape index (κ3) is 3.88. The van der Waals surface area contributed by atoms with Crippen LogP contribution >= 0.6 is 0 Å². The van der Waals surface area contributed by atoms with Gasteiger partial charge in [0.25, 0.3) is 0 Å². The average Bonchev–Trinajstić information content (AvgIpc) is 3.43. The monoisotopic (exact) mass is 613 g/mol. The molecule has 1 aliphatic heterocycles. The minimum absolute atomic E-state index is 0.611. The second-order valence-electron chi connectivity index (χ2n) is 12.0. The predicted octanol–water partition coefficient (Wildman–Crippen LogP) is 10.9. The van der Waals surface area contributed by atoms with Crippen molar-refractivity contribution in [2.24, 2.45) is 0 Å². The molecule has 0 bridgehead atoms. The van der Waals surface area contributed by atoms with Gasteiger partial charge in [-0.1, -0.05) is 109 Å². The van der Waals surface area contributed by atoms with E-state index in [1.807, 2.05) is 36.5 Å². The highest BCUT2D eigenvalue weighted by molar-refractivity contribution is 6.19. The summed E-state index contributed by atoms with van der Waals surface area (Å²) >= 11 is 0. The zero-order chi connectivity index (χ0) is 31.6. The maximum absolute atomic E-state index is 5.33. The van der Waals surface area contributed by atoms with Crippen molar-refractivity contribution in [2.45, 2.75) is 0 Å². The highest BCUT2D eigenvalue weighted by Crippen LogP contribution is 2.53. The Morgan fingerprint density at radius 1 is 0.458 bits per heavy atom. The fourth-order valence-corrected chi connectivity index (χ4v) is 7.39. The van der Waals surface area contributed by atoms with Gasteiger partial charge in [0, 0.05) is 39.2 Å². The van der Waals surface area contributed by atoms with E-state index >= 15 is 0 Å². The zero-order valence-corrected chi connectivity index (χ0v) is 25.8. The fraction of sp³-hybridized carbons (Fsp3) is 0. The van der Waals surface area contributed by atoms with Gasteiger partial charge >= 0.3 is 0 Å². The van der Waals surface area contributed by atoms with E-state index in [0.717, 1.165) is 66.7 Å². The van der Waals surface area contributed by atoms with E-state index in [9.17, 15) is 0 Å². The largest absolute Gasteiger partial charge is 0.309 e. The lowest BCUT2D eigenvalue weighted by Gasteiger charge is -2.27. The van der Waals surface area contributed by atoms with Crippen LogP contribution in [0.3, 0.4) is 0 Å². The van der Waals surface area contributed by atoms with Crippen molar-refractivity contribution in [2.75, 3.05) is 4.90 Å². The highest BCUT2D eigenvalue weighted by atomic mass is 15.2. The van der Waals surface area contributed by atoms with Crippen LogP contribution in [0.4, 0.5) is 17.1 Å². The van der Waals surface area contributed by atoms with Gasteiger partial charge in [0.2, 0.25) is 5.95 Å². The molecule has 4 heterocycles. The van der Waals surface area contributed by atoms with Crippen LogP contribution in [0.15, 0.2) is 164 Å². The lowest BCUT2D eigenvalue weighted by molar-refractivity contribution is 1.01. The smallest absolute Gasteiger partial charge is 0.235 e. The maximum atomic E-state index is 5.33. The SMILES string of the molecule is c1ccc(N2c3ccccc3-c3ccccc3-c3c2ccc2c4ccccc4n(-c4nc(-c5ccccn5)c5ccccc5n4)c32)cc1. The summed E-state index contributed by atoms with van der Waals surface area (Å²) in [5.74, 6) is 0.611. The number of benzene rings is 6. The molecule has 6 aromatic carbocycles. The maximum Gasteiger partial charge on any atom is 0.235 e. The van der Waals surface area contributed by atoms with Crippen molar-refractivity contribution in [1.82, 2.24) is 19.5 Å². The number of aromatic nitrogens is 4. The summed E-state index contributed by atoms with van der Waals surface area (Å²) in [6.07, 6.45) is 1.82. The Bertz CT molecular complexity index is 2680. The minimum Gasteiger partial charge on any atom is -0.309 e. The number of hydrogen-bond donors (Lipinski definition) is 0. The Morgan fingerprint density at radius 3 is 2.02 bits per heavy atom. The summed E-state index contributed by atoms with van der Waals surface area (Å²) < 4.78 is 2.26. The summed E-state index contributed by atoms with van der Waals surface area (Å²) in [6, 6.07) is 55.4. The van der Waals surface area contributed by atoms with Crippen LogP contribution in [0.5, 0.6) is 0 Å². The predicted molar refractivity (Wildman–Crippen MR) is 196 cm³/mol. The van der Waals surface area contributed by atoms with Crippen molar-refractivity contribution in [3.8, 4) is 39.6 Å². The number of fused-ring (bicyclic) bond motifs is 10. The van der Waals surface area contributed by atoms with Crippen molar-refractivity contribution >= 4 is 49.8 Å². The van der Waals surface area contributed by atoms with Gasteiger partial charge in [0.1, 0.15) is 5.69 Å². The Morgan fingerprint density at radius 2 is 1.17 bits per heavy atom. The third-order valence-corrected chi connectivity index (χ3v) is 9.40. The Labute approximate surface area is 277 Å². The van der Waals surface area contributed by atoms with E-state index in [4.69, 9.17) is 15.0 Å². The van der Waals surface area contributed by atoms with E-state index < -0.39 is 0 Å². The van der Waals surface area contributed by atoms with Crippen molar-refractivity contribution in [3.05, 3.63) is 164 Å². The van der Waals surface area contributed by atoms with E-state index in [0.29, 0.717) is 5.95 Å². The first-order valence-electron chi connectivity index (χ1n) is 16.1. The molecule has 0 radical (unpaired) electrons. The molecule has 1 aliphatic rings. The molecule has 3 aromatic heterocycles. The summed E-state index contributed by atoms with van der Waals surface area (Å²) in [4.78, 5) is 17.7. The van der Waals surface area contributed by atoms with Crippen molar-refractivity contribution in [3.63, 3.8) is 0 Å². The number of hydrogen-bond acceptors (Lipinski definition) is 4. The van der Waals surface area contributed by atoms with Gasteiger partial charge in [-0.3, -0.25) is 9.55 Å². The Balaban J connectivity index is 1.40. The van der Waals surface area contributed by atoms with E-state index in [-0.39, 0.29) is 0 Å². The molecule has 0 unspecified atom stereocenters. The number of nitrogens with zero attached hydrogens (tertiary/aromatic N) is 5. The lowest BCUT2D eigenvalue weighted by atomic mass is 9.93. The lowest BCUT2D eigenvalue weighted by Crippen LogP contribution is -2.11. The molecule has 0 saturated heterocycles. The second-order valence-corrected chi connectivity index (χ2v) is 12.0. The van der Waals surface area contributed by atoms with Gasteiger partial charge < -0.3 is 4.90 Å². The number of para-hydroxylation sites is 4. The molecule has 0 fully saturated rings. The summed E-state index contributed by atoms with van der Waals surface area (Å²) in [7, 11) is 0. The molecule has 224 valence electrons. The Kier molecular flexibility index (Phi) is 5.81. The zero-order valence-electron chi connectivity index (χ0n) is 25.8. The van der Waals surface area contributed by atoms with Crippen LogP contribution < -0.4 is 4.90 Å². The van der Waals surface area contributed by atoms with Crippen LogP contribution in [0.2, 0.25) is 0 Å². The van der Waals surface area contributed by atoms with Crippen LogP contribution in [0.25, 0.3) is 72.3 Å². The van der Waals surface area contributed by atoms with Gasteiger partial charge in [-0.15, -0.1) is 0 Å². The molecule has 0 saturated carbocycles. The molecule has 5 heteroatoms. The molecule has 0 N–H and O–H groups in total. The number of pyridine rings is 1. The van der Waals surface area contributed by atoms with Crippen LogP contribution in [0, 0.1) is 0 Å². The molecule has 5 nitrogen and oxygen atoms in total. The minimum atomic E-state index is 0.611. The normalized spacial score (nSPS) is 12.1. The standard InChI is InChI=1S/C43H27N5/c1-2-14-28(15-3-1)47-37-23-10-7-17-30(37)29-16-4-5-19-32(29)40-39(47)26-25-33-31-18-8-11-24-38(31)48(42(33)40)43-45-35-21-9-6-20-34(35)41(46-43)36-22-12-13-27-44-36/h1-27H. The summed E-state index contributed by atoms with van der Waals surface area (Å²) in [5, 5.41) is 3.27. The van der Waals surface area contributed by atoms with Gasteiger partial charge in [-0.2, -0.15) is 0 Å². The van der Waals surface area contributed by atoms with Crippen molar-refractivity contribution in [1.29, 1.82) is 0 Å². The quantitative estimate of drug-likeness (QED) is 0.199. The molecule has 0 spiro atoms. The van der Waals surface area contributed by atoms with E-state index in [1.165, 1.54) is 16.7 Å². The summed E-state index contributed by atoms with van der Waals surface area (Å²) in [6.45, 7) is 0. The topological polar surface area (TPSA) is 46.8 Å². The van der Waals surface area contributed by atoms with Crippen LogP contribution in [-0.2, 0) is 0 Å². The van der Waals surface area contributed by atoms with E-state index in [1.54, 1.807) is 0 Å².